The van der Waals surface area contributed by atoms with Crippen LogP contribution in [-0.2, 0) is 22.5 Å². The van der Waals surface area contributed by atoms with E-state index in [-0.39, 0.29) is 30.4 Å². The van der Waals surface area contributed by atoms with Crippen molar-refractivity contribution in [1.82, 2.24) is 20.5 Å². The fourth-order valence-corrected chi connectivity index (χ4v) is 3.42. The van der Waals surface area contributed by atoms with Crippen molar-refractivity contribution in [3.8, 4) is 0 Å². The predicted octanol–water partition coefficient (Wildman–Crippen LogP) is -3.49. The summed E-state index contributed by atoms with van der Waals surface area (Å²) in [6.45, 7) is 6.28. The third-order valence-corrected chi connectivity index (χ3v) is 4.64. The average molecular weight is 390 g/mol. The molecule has 0 saturated carbocycles. The minimum atomic E-state index is -1.50. The molecule has 2 amide bonds. The van der Waals surface area contributed by atoms with Gasteiger partial charge in [-0.3, -0.25) is 4.79 Å². The normalized spacial score (nSPS) is 15.1. The van der Waals surface area contributed by atoms with Gasteiger partial charge in [-0.25, -0.2) is 9.78 Å². The van der Waals surface area contributed by atoms with Gasteiger partial charge in [0.15, 0.2) is 5.01 Å². The number of aromatic nitrogens is 1. The van der Waals surface area contributed by atoms with Gasteiger partial charge < -0.3 is 30.2 Å². The van der Waals surface area contributed by atoms with Gasteiger partial charge in [0.2, 0.25) is 0 Å². The molecule has 1 aliphatic rings. The van der Waals surface area contributed by atoms with Crippen molar-refractivity contribution in [3.63, 3.8) is 0 Å². The molecular weight excluding hydrogens is 367 g/mol. The molecule has 0 aliphatic carbocycles. The molecule has 0 spiro atoms. The van der Waals surface area contributed by atoms with Gasteiger partial charge in [0.1, 0.15) is 5.60 Å². The number of aliphatic carboxylic acids is 1. The molecule has 1 aromatic heterocycles. The van der Waals surface area contributed by atoms with Crippen LogP contribution in [0.1, 0.15) is 41.1 Å². The Morgan fingerprint density at radius 1 is 1.37 bits per heavy atom. The number of amides is 2. The summed E-state index contributed by atoms with van der Waals surface area (Å²) in [5, 5.41) is 16.1. The maximum atomic E-state index is 12.3. The van der Waals surface area contributed by atoms with Crippen molar-refractivity contribution in [2.45, 2.75) is 45.4 Å². The van der Waals surface area contributed by atoms with Crippen LogP contribution in [0.3, 0.4) is 0 Å². The quantitative estimate of drug-likeness (QED) is 0.500. The monoisotopic (exact) mass is 390 g/mol. The summed E-state index contributed by atoms with van der Waals surface area (Å²) < 4.78 is 5.03. The molecule has 0 fully saturated rings. The first-order valence-corrected chi connectivity index (χ1v) is 9.02. The minimum absolute atomic E-state index is 0. The fourth-order valence-electron chi connectivity index (χ4n) is 2.33. The van der Waals surface area contributed by atoms with E-state index >= 15 is 0 Å². The van der Waals surface area contributed by atoms with E-state index in [1.165, 1.54) is 11.3 Å². The summed E-state index contributed by atoms with van der Waals surface area (Å²) in [6.07, 6.45) is -0.0227. The van der Waals surface area contributed by atoms with Gasteiger partial charge in [-0.15, -0.1) is 11.3 Å². The van der Waals surface area contributed by atoms with Crippen molar-refractivity contribution >= 4 is 29.3 Å². The summed E-state index contributed by atoms with van der Waals surface area (Å²) in [7, 11) is 1.98. The van der Waals surface area contributed by atoms with Crippen molar-refractivity contribution in [1.29, 1.82) is 0 Å². The van der Waals surface area contributed by atoms with E-state index in [1.807, 2.05) is 7.05 Å². The van der Waals surface area contributed by atoms with E-state index < -0.39 is 29.6 Å². The SMILES string of the molecule is CN1CCc2nc(C(=O)NC(CNC(=O)OC(C)(C)C)C(=O)[O-])sc2C1.[Li+]. The van der Waals surface area contributed by atoms with Crippen LogP contribution < -0.4 is 34.6 Å². The minimum Gasteiger partial charge on any atom is -0.548 e. The second-order valence-corrected chi connectivity index (χ2v) is 8.19. The summed E-state index contributed by atoms with van der Waals surface area (Å²) in [4.78, 5) is 42.6. The number of carboxylic acids is 1. The zero-order valence-corrected chi connectivity index (χ0v) is 17.1. The maximum absolute atomic E-state index is 12.3. The number of nitrogens with one attached hydrogen (secondary N) is 2. The number of thiazole rings is 1. The van der Waals surface area contributed by atoms with E-state index in [9.17, 15) is 19.5 Å². The Labute approximate surface area is 174 Å². The zero-order chi connectivity index (χ0) is 19.5. The van der Waals surface area contributed by atoms with Crippen LogP contribution in [-0.4, -0.2) is 59.6 Å². The largest absolute Gasteiger partial charge is 1.00 e. The molecule has 9 nitrogen and oxygen atoms in total. The molecule has 1 atom stereocenters. The van der Waals surface area contributed by atoms with Crippen molar-refractivity contribution in [3.05, 3.63) is 15.6 Å². The maximum Gasteiger partial charge on any atom is 1.00 e. The number of ether oxygens (including phenoxy) is 1. The van der Waals surface area contributed by atoms with Gasteiger partial charge in [-0.1, -0.05) is 0 Å². The van der Waals surface area contributed by atoms with Crippen LogP contribution in [0.2, 0.25) is 0 Å². The third kappa shape index (κ3) is 7.14. The average Bonchev–Trinajstić information content (AvgIpc) is 2.92. The smallest absolute Gasteiger partial charge is 0.548 e. The molecule has 1 aromatic rings. The number of carbonyl (C=O) groups excluding carboxylic acids is 3. The van der Waals surface area contributed by atoms with E-state index in [0.717, 1.165) is 23.5 Å². The van der Waals surface area contributed by atoms with E-state index in [0.29, 0.717) is 6.54 Å². The first kappa shape index (κ1) is 23.4. The number of likely N-dealkylation sites (N-methyl/N-ethyl adjacent to an activating group) is 1. The number of rotatable bonds is 5. The Bertz CT molecular complexity index is 703. The van der Waals surface area contributed by atoms with Crippen molar-refractivity contribution in [2.75, 3.05) is 20.1 Å². The summed E-state index contributed by atoms with van der Waals surface area (Å²) in [5.74, 6) is -2.11. The Morgan fingerprint density at radius 3 is 2.63 bits per heavy atom. The van der Waals surface area contributed by atoms with Crippen LogP contribution in [0.25, 0.3) is 0 Å². The van der Waals surface area contributed by atoms with Gasteiger partial charge in [0.25, 0.3) is 5.91 Å². The molecule has 1 unspecified atom stereocenters. The number of carbonyl (C=O) groups is 3. The number of hydrogen-bond donors (Lipinski definition) is 2. The van der Waals surface area contributed by atoms with Crippen LogP contribution in [0.15, 0.2) is 0 Å². The van der Waals surface area contributed by atoms with Crippen LogP contribution >= 0.6 is 11.3 Å². The molecule has 11 heteroatoms. The molecule has 27 heavy (non-hydrogen) atoms. The van der Waals surface area contributed by atoms with Gasteiger partial charge in [0, 0.05) is 30.9 Å². The summed E-state index contributed by atoms with van der Waals surface area (Å²) in [5.41, 5.74) is 0.160. The second kappa shape index (κ2) is 9.55. The molecule has 2 N–H and O–H groups in total. The number of nitrogens with zero attached hydrogens (tertiary/aromatic N) is 2. The molecule has 0 bridgehead atoms. The zero-order valence-electron chi connectivity index (χ0n) is 16.2. The number of alkyl carbamates (subject to hydrolysis) is 1. The molecule has 2 rings (SSSR count). The number of carboxylic acid groups (broad SMARTS) is 1. The molecule has 144 valence electrons. The Hall–Kier alpha value is -1.60. The van der Waals surface area contributed by atoms with E-state index in [4.69, 9.17) is 4.74 Å². The van der Waals surface area contributed by atoms with Crippen LogP contribution in [0.4, 0.5) is 4.79 Å². The van der Waals surface area contributed by atoms with Gasteiger partial charge >= 0.3 is 25.0 Å². The van der Waals surface area contributed by atoms with Gasteiger partial charge in [0.05, 0.1) is 17.7 Å². The van der Waals surface area contributed by atoms with E-state index in [2.05, 4.69) is 20.5 Å². The molecule has 0 saturated heterocycles. The molecule has 2 heterocycles. The van der Waals surface area contributed by atoms with Crippen LogP contribution in [0, 0.1) is 0 Å². The van der Waals surface area contributed by atoms with Gasteiger partial charge in [-0.2, -0.15) is 0 Å². The number of hydrogen-bond acceptors (Lipinski definition) is 8. The number of fused-ring (bicyclic) bond motifs is 1. The standard InChI is InChI=1S/C16H24N4O5S.Li/c1-16(2,3)25-15(24)17-7-10(14(22)23)18-12(21)13-19-9-5-6-20(4)8-11(9)26-13;/h10H,5-8H2,1-4H3,(H,17,24)(H,18,21)(H,22,23);/q;+1/p-1. The topological polar surface area (TPSA) is 124 Å². The summed E-state index contributed by atoms with van der Waals surface area (Å²) >= 11 is 1.24. The fraction of sp³-hybridized carbons (Fsp3) is 0.625. The molecule has 1 aliphatic heterocycles. The van der Waals surface area contributed by atoms with Crippen LogP contribution in [0.5, 0.6) is 0 Å². The first-order valence-electron chi connectivity index (χ1n) is 8.21. The summed E-state index contributed by atoms with van der Waals surface area (Å²) in [6, 6.07) is -1.39. The Morgan fingerprint density at radius 2 is 2.04 bits per heavy atom. The molecule has 0 aromatic carbocycles. The van der Waals surface area contributed by atoms with Gasteiger partial charge in [-0.05, 0) is 27.8 Å². The third-order valence-electron chi connectivity index (χ3n) is 3.56. The Kier molecular flexibility index (Phi) is 8.29. The first-order chi connectivity index (χ1) is 12.0. The van der Waals surface area contributed by atoms with Crippen molar-refractivity contribution < 1.29 is 43.1 Å². The second-order valence-electron chi connectivity index (χ2n) is 7.10. The molecular formula is C16H23LiN4O5S. The predicted molar refractivity (Wildman–Crippen MR) is 92.6 cm³/mol. The molecule has 0 radical (unpaired) electrons. The van der Waals surface area contributed by atoms with E-state index in [1.54, 1.807) is 20.8 Å². The Balaban J connectivity index is 0.00000364. The van der Waals surface area contributed by atoms with Crippen molar-refractivity contribution in [2.24, 2.45) is 0 Å².